The van der Waals surface area contributed by atoms with Gasteiger partial charge in [0.2, 0.25) is 5.91 Å². The highest BCUT2D eigenvalue weighted by Gasteiger charge is 2.34. The number of fused-ring (bicyclic) bond motifs is 1. The Morgan fingerprint density at radius 3 is 2.81 bits per heavy atom. The van der Waals surface area contributed by atoms with Gasteiger partial charge in [-0.2, -0.15) is 0 Å². The van der Waals surface area contributed by atoms with Gasteiger partial charge in [-0.15, -0.1) is 0 Å². The molecule has 2 aliphatic rings. The van der Waals surface area contributed by atoms with Gasteiger partial charge in [0, 0.05) is 17.3 Å². The van der Waals surface area contributed by atoms with Crippen molar-refractivity contribution in [1.29, 1.82) is 0 Å². The molecular weight excluding hydrogens is 272 g/mol. The Balaban J connectivity index is 1.71. The second-order valence-corrected chi connectivity index (χ2v) is 5.61. The molecule has 21 heavy (non-hydrogen) atoms. The number of hydrogen-bond donors (Lipinski definition) is 3. The van der Waals surface area contributed by atoms with E-state index in [4.69, 9.17) is 5.11 Å². The molecule has 3 rings (SSSR count). The van der Waals surface area contributed by atoms with Crippen LogP contribution in [0.15, 0.2) is 18.2 Å². The zero-order valence-corrected chi connectivity index (χ0v) is 11.4. The third kappa shape index (κ3) is 3.04. The van der Waals surface area contributed by atoms with E-state index >= 15 is 0 Å². The van der Waals surface area contributed by atoms with Gasteiger partial charge < -0.3 is 15.7 Å². The van der Waals surface area contributed by atoms with Crippen molar-refractivity contribution in [3.63, 3.8) is 0 Å². The summed E-state index contributed by atoms with van der Waals surface area (Å²) in [7, 11) is 0. The summed E-state index contributed by atoms with van der Waals surface area (Å²) >= 11 is 0. The zero-order chi connectivity index (χ0) is 15.0. The Morgan fingerprint density at radius 2 is 2.14 bits per heavy atom. The second kappa shape index (κ2) is 5.20. The van der Waals surface area contributed by atoms with Crippen LogP contribution in [-0.2, 0) is 16.0 Å². The van der Waals surface area contributed by atoms with E-state index in [-0.39, 0.29) is 30.2 Å². The smallest absolute Gasteiger partial charge is 0.305 e. The van der Waals surface area contributed by atoms with Gasteiger partial charge in [0.15, 0.2) is 0 Å². The van der Waals surface area contributed by atoms with Gasteiger partial charge in [0.25, 0.3) is 5.91 Å². The normalized spacial score (nSPS) is 17.8. The van der Waals surface area contributed by atoms with Crippen LogP contribution in [0.5, 0.6) is 0 Å². The van der Waals surface area contributed by atoms with E-state index in [1.54, 1.807) is 18.2 Å². The maximum absolute atomic E-state index is 12.2. The van der Waals surface area contributed by atoms with E-state index in [0.29, 0.717) is 17.7 Å². The van der Waals surface area contributed by atoms with Crippen molar-refractivity contribution < 1.29 is 19.5 Å². The summed E-state index contributed by atoms with van der Waals surface area (Å²) in [6.45, 7) is 0. The molecule has 0 saturated heterocycles. The van der Waals surface area contributed by atoms with Crippen molar-refractivity contribution in [2.24, 2.45) is 5.92 Å². The topological polar surface area (TPSA) is 95.5 Å². The molecule has 1 aromatic carbocycles. The first-order chi connectivity index (χ1) is 10.0. The number of anilines is 1. The molecule has 110 valence electrons. The van der Waals surface area contributed by atoms with E-state index in [1.807, 2.05) is 0 Å². The molecule has 1 unspecified atom stereocenters. The second-order valence-electron chi connectivity index (χ2n) is 5.61. The zero-order valence-electron chi connectivity index (χ0n) is 11.4. The number of benzene rings is 1. The summed E-state index contributed by atoms with van der Waals surface area (Å²) < 4.78 is 0. The molecule has 6 nitrogen and oxygen atoms in total. The molecule has 0 aromatic heterocycles. The predicted octanol–water partition coefficient (Wildman–Crippen LogP) is 1.16. The Bertz CT molecular complexity index is 622. The molecule has 1 fully saturated rings. The summed E-state index contributed by atoms with van der Waals surface area (Å²) in [6, 6.07) is 4.74. The average molecular weight is 288 g/mol. The predicted molar refractivity (Wildman–Crippen MR) is 75.0 cm³/mol. The first-order valence-corrected chi connectivity index (χ1v) is 6.98. The Kier molecular flexibility index (Phi) is 3.37. The van der Waals surface area contributed by atoms with Crippen LogP contribution in [0.1, 0.15) is 35.2 Å². The fourth-order valence-corrected chi connectivity index (χ4v) is 2.63. The van der Waals surface area contributed by atoms with E-state index in [0.717, 1.165) is 18.4 Å². The molecule has 1 aromatic rings. The van der Waals surface area contributed by atoms with Crippen molar-refractivity contribution in [2.75, 3.05) is 5.32 Å². The molecule has 1 saturated carbocycles. The first-order valence-electron chi connectivity index (χ1n) is 6.98. The van der Waals surface area contributed by atoms with Crippen molar-refractivity contribution in [1.82, 2.24) is 5.32 Å². The van der Waals surface area contributed by atoms with E-state index in [9.17, 15) is 14.4 Å². The van der Waals surface area contributed by atoms with Crippen LogP contribution in [-0.4, -0.2) is 28.9 Å². The minimum atomic E-state index is -0.909. The maximum atomic E-state index is 12.2. The summed E-state index contributed by atoms with van der Waals surface area (Å²) in [6.07, 6.45) is 2.19. The van der Waals surface area contributed by atoms with Crippen molar-refractivity contribution >= 4 is 23.5 Å². The molecule has 0 spiro atoms. The fraction of sp³-hybridized carbons (Fsp3) is 0.400. The Labute approximate surface area is 121 Å². The number of rotatable bonds is 5. The van der Waals surface area contributed by atoms with Gasteiger partial charge in [-0.1, -0.05) is 6.07 Å². The van der Waals surface area contributed by atoms with E-state index < -0.39 is 5.97 Å². The average Bonchev–Trinajstić information content (AvgIpc) is 3.18. The number of hydrogen-bond acceptors (Lipinski definition) is 3. The first kappa shape index (κ1) is 13.6. The number of amides is 2. The van der Waals surface area contributed by atoms with Gasteiger partial charge in [-0.25, -0.2) is 0 Å². The van der Waals surface area contributed by atoms with Gasteiger partial charge in [0.1, 0.15) is 0 Å². The van der Waals surface area contributed by atoms with Crippen LogP contribution in [0.4, 0.5) is 5.69 Å². The maximum Gasteiger partial charge on any atom is 0.305 e. The van der Waals surface area contributed by atoms with Crippen LogP contribution in [0, 0.1) is 5.92 Å². The number of carbonyl (C=O) groups is 3. The third-order valence-corrected chi connectivity index (χ3v) is 3.90. The Hall–Kier alpha value is -2.37. The number of aliphatic carboxylic acids is 1. The number of carbonyl (C=O) groups excluding carboxylic acids is 2. The minimum Gasteiger partial charge on any atom is -0.481 e. The lowest BCUT2D eigenvalue weighted by atomic mass is 10.1. The van der Waals surface area contributed by atoms with Gasteiger partial charge in [-0.05, 0) is 36.5 Å². The number of carboxylic acid groups (broad SMARTS) is 1. The molecule has 3 N–H and O–H groups in total. The summed E-state index contributed by atoms with van der Waals surface area (Å²) in [5.41, 5.74) is 1.97. The van der Waals surface area contributed by atoms with Crippen molar-refractivity contribution in [2.45, 2.75) is 31.7 Å². The lowest BCUT2D eigenvalue weighted by Gasteiger charge is -2.16. The van der Waals surface area contributed by atoms with E-state index in [2.05, 4.69) is 10.6 Å². The van der Waals surface area contributed by atoms with E-state index in [1.165, 1.54) is 0 Å². The SMILES string of the molecule is O=C(O)CC(NC(=O)c1ccc2c(c1)NC(=O)C2)C1CC1. The molecule has 6 heteroatoms. The quantitative estimate of drug-likeness (QED) is 0.757. The molecular formula is C15H16N2O4. The van der Waals surface area contributed by atoms with Gasteiger partial charge in [-0.3, -0.25) is 14.4 Å². The van der Waals surface area contributed by atoms with Crippen LogP contribution in [0.2, 0.25) is 0 Å². The van der Waals surface area contributed by atoms with Crippen LogP contribution in [0.25, 0.3) is 0 Å². The van der Waals surface area contributed by atoms with Crippen LogP contribution < -0.4 is 10.6 Å². The van der Waals surface area contributed by atoms with Crippen LogP contribution >= 0.6 is 0 Å². The summed E-state index contributed by atoms with van der Waals surface area (Å²) in [5, 5.41) is 14.4. The highest BCUT2D eigenvalue weighted by atomic mass is 16.4. The van der Waals surface area contributed by atoms with Gasteiger partial charge in [0.05, 0.1) is 12.8 Å². The molecule has 0 radical (unpaired) electrons. The molecule has 1 heterocycles. The lowest BCUT2D eigenvalue weighted by molar-refractivity contribution is -0.137. The highest BCUT2D eigenvalue weighted by molar-refractivity contribution is 6.02. The summed E-state index contributed by atoms with van der Waals surface area (Å²) in [4.78, 5) is 34.4. The number of carboxylic acids is 1. The summed E-state index contributed by atoms with van der Waals surface area (Å²) in [5.74, 6) is -1.02. The molecule has 1 aliphatic carbocycles. The number of nitrogens with one attached hydrogen (secondary N) is 2. The monoisotopic (exact) mass is 288 g/mol. The third-order valence-electron chi connectivity index (χ3n) is 3.90. The largest absolute Gasteiger partial charge is 0.481 e. The Morgan fingerprint density at radius 1 is 1.38 bits per heavy atom. The molecule has 0 bridgehead atoms. The molecule has 2 amide bonds. The lowest BCUT2D eigenvalue weighted by Crippen LogP contribution is -2.38. The standard InChI is InChI=1S/C15H16N2O4/c18-13-6-9-3-4-10(5-11(9)16-13)15(21)17-12(7-14(19)20)8-1-2-8/h3-5,8,12H,1-2,6-7H2,(H,16,18)(H,17,21)(H,19,20). The minimum absolute atomic E-state index is 0.0575. The fourth-order valence-electron chi connectivity index (χ4n) is 2.63. The van der Waals surface area contributed by atoms with Crippen LogP contribution in [0.3, 0.4) is 0 Å². The molecule has 1 aliphatic heterocycles. The van der Waals surface area contributed by atoms with Crippen molar-refractivity contribution in [3.8, 4) is 0 Å². The highest BCUT2D eigenvalue weighted by Crippen LogP contribution is 2.34. The van der Waals surface area contributed by atoms with Crippen molar-refractivity contribution in [3.05, 3.63) is 29.3 Å². The van der Waals surface area contributed by atoms with Gasteiger partial charge >= 0.3 is 5.97 Å². The molecule has 1 atom stereocenters.